The van der Waals surface area contributed by atoms with Gasteiger partial charge in [-0.3, -0.25) is 4.79 Å². The van der Waals surface area contributed by atoms with Crippen LogP contribution in [0.5, 0.6) is 0 Å². The van der Waals surface area contributed by atoms with E-state index in [1.54, 1.807) is 18.3 Å². The monoisotopic (exact) mass is 325 g/mol. The van der Waals surface area contributed by atoms with Crippen LogP contribution in [0.1, 0.15) is 25.0 Å². The molecule has 0 aliphatic rings. The first kappa shape index (κ1) is 16.0. The molecule has 6 heteroatoms. The molecule has 0 unspecified atom stereocenters. The van der Waals surface area contributed by atoms with E-state index in [9.17, 15) is 9.59 Å². The van der Waals surface area contributed by atoms with Gasteiger partial charge in [0.1, 0.15) is 6.54 Å². The minimum absolute atomic E-state index is 0.135. The fourth-order valence-electron chi connectivity index (χ4n) is 2.77. The number of anilines is 1. The zero-order valence-corrected chi connectivity index (χ0v) is 13.7. The van der Waals surface area contributed by atoms with Crippen molar-refractivity contribution in [3.05, 3.63) is 58.2 Å². The van der Waals surface area contributed by atoms with Crippen LogP contribution in [-0.4, -0.2) is 15.5 Å². The number of nitrogens with one attached hydrogen (secondary N) is 1. The second kappa shape index (κ2) is 6.70. The number of hydrogen-bond donors (Lipinski definition) is 1. The van der Waals surface area contributed by atoms with Crippen LogP contribution in [0.4, 0.5) is 5.69 Å². The summed E-state index contributed by atoms with van der Waals surface area (Å²) in [6, 6.07) is 9.32. The Bertz CT molecular complexity index is 918. The summed E-state index contributed by atoms with van der Waals surface area (Å²) in [7, 11) is 0. The fraction of sp³-hybridized carbons (Fsp3) is 0.278. The van der Waals surface area contributed by atoms with E-state index in [0.717, 1.165) is 29.7 Å². The Morgan fingerprint density at radius 1 is 1.17 bits per heavy atom. The number of oxazole rings is 1. The summed E-state index contributed by atoms with van der Waals surface area (Å²) in [5, 5.41) is 2.94. The molecule has 1 N–H and O–H groups in total. The molecule has 0 atom stereocenters. The van der Waals surface area contributed by atoms with E-state index >= 15 is 0 Å². The summed E-state index contributed by atoms with van der Waals surface area (Å²) < 4.78 is 6.35. The molecule has 3 aromatic rings. The minimum atomic E-state index is -0.585. The summed E-state index contributed by atoms with van der Waals surface area (Å²) in [6.07, 6.45) is 3.20. The average molecular weight is 325 g/mol. The van der Waals surface area contributed by atoms with Gasteiger partial charge in [-0.15, -0.1) is 0 Å². The number of hydrogen-bond acceptors (Lipinski definition) is 4. The van der Waals surface area contributed by atoms with Crippen molar-refractivity contribution in [2.45, 2.75) is 33.2 Å². The van der Waals surface area contributed by atoms with Crippen LogP contribution in [0.25, 0.3) is 11.2 Å². The summed E-state index contributed by atoms with van der Waals surface area (Å²) in [4.78, 5) is 28.5. The van der Waals surface area contributed by atoms with Crippen LogP contribution < -0.4 is 11.1 Å². The van der Waals surface area contributed by atoms with Crippen LogP contribution in [0, 0.1) is 0 Å². The fourth-order valence-corrected chi connectivity index (χ4v) is 2.77. The Morgan fingerprint density at radius 2 is 1.88 bits per heavy atom. The third-order valence-electron chi connectivity index (χ3n) is 3.99. The lowest BCUT2D eigenvalue weighted by atomic mass is 10.0. The maximum Gasteiger partial charge on any atom is 0.421 e. The van der Waals surface area contributed by atoms with Crippen molar-refractivity contribution in [2.75, 3.05) is 5.32 Å². The molecule has 24 heavy (non-hydrogen) atoms. The molecule has 0 radical (unpaired) electrons. The van der Waals surface area contributed by atoms with Gasteiger partial charge in [0.15, 0.2) is 11.2 Å². The SMILES string of the molecule is CCc1cccc(CC)c1NC(=O)Cn1c(=O)oc2cccnc21. The van der Waals surface area contributed by atoms with E-state index in [0.29, 0.717) is 11.2 Å². The van der Waals surface area contributed by atoms with E-state index in [1.807, 2.05) is 32.0 Å². The highest BCUT2D eigenvalue weighted by Crippen LogP contribution is 2.22. The lowest BCUT2D eigenvalue weighted by Crippen LogP contribution is -2.25. The Hall–Kier alpha value is -2.89. The highest BCUT2D eigenvalue weighted by atomic mass is 16.4. The van der Waals surface area contributed by atoms with Crippen molar-refractivity contribution >= 4 is 22.8 Å². The number of amides is 1. The van der Waals surface area contributed by atoms with Crippen LogP contribution >= 0.6 is 0 Å². The molecule has 1 amide bonds. The molecule has 0 saturated carbocycles. The molecule has 2 aromatic heterocycles. The summed E-state index contributed by atoms with van der Waals surface area (Å²) in [5.41, 5.74) is 3.73. The summed E-state index contributed by atoms with van der Waals surface area (Å²) in [6.45, 7) is 3.95. The van der Waals surface area contributed by atoms with Crippen molar-refractivity contribution in [1.82, 2.24) is 9.55 Å². The quantitative estimate of drug-likeness (QED) is 0.782. The van der Waals surface area contributed by atoms with E-state index in [4.69, 9.17) is 4.42 Å². The summed E-state index contributed by atoms with van der Waals surface area (Å²) in [5.74, 6) is -0.862. The minimum Gasteiger partial charge on any atom is -0.406 e. The van der Waals surface area contributed by atoms with Crippen molar-refractivity contribution in [3.8, 4) is 0 Å². The van der Waals surface area contributed by atoms with Gasteiger partial charge >= 0.3 is 5.76 Å². The standard InChI is InChI=1S/C18H19N3O3/c1-3-12-7-5-8-13(4-2)16(12)20-15(22)11-21-17-14(24-18(21)23)9-6-10-19-17/h5-10H,3-4,11H2,1-2H3,(H,20,22). The number of carbonyl (C=O) groups is 1. The second-order valence-electron chi connectivity index (χ2n) is 5.49. The van der Waals surface area contributed by atoms with Gasteiger partial charge in [-0.1, -0.05) is 32.0 Å². The molecule has 0 fully saturated rings. The average Bonchev–Trinajstić information content (AvgIpc) is 2.90. The Balaban J connectivity index is 1.89. The number of carbonyl (C=O) groups excluding carboxylic acids is 1. The first-order chi connectivity index (χ1) is 11.6. The largest absolute Gasteiger partial charge is 0.421 e. The molecular formula is C18H19N3O3. The third-order valence-corrected chi connectivity index (χ3v) is 3.99. The highest BCUT2D eigenvalue weighted by molar-refractivity contribution is 5.92. The normalized spacial score (nSPS) is 10.9. The Kier molecular flexibility index (Phi) is 4.46. The van der Waals surface area contributed by atoms with Gasteiger partial charge in [-0.2, -0.15) is 0 Å². The van der Waals surface area contributed by atoms with E-state index < -0.39 is 5.76 Å². The van der Waals surface area contributed by atoms with Gasteiger partial charge in [0, 0.05) is 11.9 Å². The van der Waals surface area contributed by atoms with Crippen molar-refractivity contribution in [2.24, 2.45) is 0 Å². The zero-order valence-electron chi connectivity index (χ0n) is 13.7. The van der Waals surface area contributed by atoms with Gasteiger partial charge in [0.05, 0.1) is 0 Å². The number of benzene rings is 1. The number of fused-ring (bicyclic) bond motifs is 1. The first-order valence-electron chi connectivity index (χ1n) is 7.99. The van der Waals surface area contributed by atoms with Gasteiger partial charge < -0.3 is 9.73 Å². The maximum atomic E-state index is 12.5. The predicted octanol–water partition coefficient (Wildman–Crippen LogP) is 2.75. The van der Waals surface area contributed by atoms with Gasteiger partial charge in [0.25, 0.3) is 0 Å². The molecule has 0 saturated heterocycles. The van der Waals surface area contributed by atoms with E-state index in [-0.39, 0.29) is 12.5 Å². The van der Waals surface area contributed by atoms with Crippen molar-refractivity contribution in [1.29, 1.82) is 0 Å². The smallest absolute Gasteiger partial charge is 0.406 e. The molecule has 3 rings (SSSR count). The van der Waals surface area contributed by atoms with Crippen LogP contribution in [-0.2, 0) is 24.2 Å². The zero-order chi connectivity index (χ0) is 17.1. The molecule has 6 nitrogen and oxygen atoms in total. The van der Waals surface area contributed by atoms with Gasteiger partial charge in [0.2, 0.25) is 5.91 Å². The molecule has 2 heterocycles. The third kappa shape index (κ3) is 2.95. The molecule has 0 spiro atoms. The Labute approximate surface area is 139 Å². The predicted molar refractivity (Wildman–Crippen MR) is 92.1 cm³/mol. The number of pyridine rings is 1. The van der Waals surface area contributed by atoms with Crippen molar-refractivity contribution < 1.29 is 9.21 Å². The van der Waals surface area contributed by atoms with Gasteiger partial charge in [-0.25, -0.2) is 14.3 Å². The second-order valence-corrected chi connectivity index (χ2v) is 5.49. The van der Waals surface area contributed by atoms with E-state index in [2.05, 4.69) is 10.3 Å². The van der Waals surface area contributed by atoms with Crippen LogP contribution in [0.3, 0.4) is 0 Å². The molecule has 1 aromatic carbocycles. The molecule has 0 bridgehead atoms. The molecular weight excluding hydrogens is 306 g/mol. The number of nitrogens with zero attached hydrogens (tertiary/aromatic N) is 2. The first-order valence-corrected chi connectivity index (χ1v) is 7.99. The molecule has 0 aliphatic carbocycles. The number of aryl methyl sites for hydroxylation is 2. The Morgan fingerprint density at radius 3 is 2.54 bits per heavy atom. The lowest BCUT2D eigenvalue weighted by Gasteiger charge is -2.14. The maximum absolute atomic E-state index is 12.5. The molecule has 124 valence electrons. The van der Waals surface area contributed by atoms with Crippen molar-refractivity contribution in [3.63, 3.8) is 0 Å². The van der Waals surface area contributed by atoms with E-state index in [1.165, 1.54) is 4.57 Å². The number of para-hydroxylation sites is 1. The lowest BCUT2D eigenvalue weighted by molar-refractivity contribution is -0.116. The number of aromatic nitrogens is 2. The topological polar surface area (TPSA) is 77.1 Å². The van der Waals surface area contributed by atoms with Crippen LogP contribution in [0.15, 0.2) is 45.7 Å². The molecule has 0 aliphatic heterocycles. The highest BCUT2D eigenvalue weighted by Gasteiger charge is 2.15. The summed E-state index contributed by atoms with van der Waals surface area (Å²) >= 11 is 0. The van der Waals surface area contributed by atoms with Gasteiger partial charge in [-0.05, 0) is 36.1 Å². The van der Waals surface area contributed by atoms with Crippen LogP contribution in [0.2, 0.25) is 0 Å². The number of rotatable bonds is 5.